The van der Waals surface area contributed by atoms with Gasteiger partial charge in [-0.3, -0.25) is 0 Å². The van der Waals surface area contributed by atoms with E-state index in [0.717, 1.165) is 11.3 Å². The van der Waals surface area contributed by atoms with Crippen LogP contribution in [-0.4, -0.2) is 15.4 Å². The van der Waals surface area contributed by atoms with Gasteiger partial charge in [0.1, 0.15) is 5.75 Å². The van der Waals surface area contributed by atoms with Crippen LogP contribution in [0.1, 0.15) is 5.56 Å². The van der Waals surface area contributed by atoms with E-state index in [1.807, 2.05) is 30.3 Å². The van der Waals surface area contributed by atoms with Crippen LogP contribution in [0, 0.1) is 0 Å². The lowest BCUT2D eigenvalue weighted by molar-refractivity contribution is 0.341. The zero-order valence-corrected chi connectivity index (χ0v) is 10.8. The maximum atomic E-state index is 5.84. The van der Waals surface area contributed by atoms with Crippen molar-refractivity contribution >= 4 is 14.4 Å². The number of ether oxygens (including phenoxy) is 1. The second-order valence-electron chi connectivity index (χ2n) is 4.32. The lowest BCUT2D eigenvalue weighted by Crippen LogP contribution is -2.29. The molecule has 0 atom stereocenters. The second-order valence-corrected chi connectivity index (χ2v) is 8.75. The van der Waals surface area contributed by atoms with Gasteiger partial charge in [0.2, 0.25) is 8.32 Å². The van der Waals surface area contributed by atoms with E-state index in [1.54, 1.807) is 13.4 Å². The molecule has 0 aliphatic carbocycles. The lowest BCUT2D eigenvalue weighted by atomic mass is 10.2. The highest BCUT2D eigenvalue weighted by Crippen LogP contribution is 2.17. The summed E-state index contributed by atoms with van der Waals surface area (Å²) in [6, 6.07) is 8.02. The molecule has 2 nitrogen and oxygen atoms in total. The van der Waals surface area contributed by atoms with E-state index in [2.05, 4.69) is 19.6 Å². The van der Waals surface area contributed by atoms with Crippen molar-refractivity contribution in [1.29, 1.82) is 0 Å². The molecule has 0 bridgehead atoms. The number of hydrogen-bond donors (Lipinski definition) is 0. The number of benzene rings is 1. The molecule has 0 unspecified atom stereocenters. The molecule has 15 heavy (non-hydrogen) atoms. The van der Waals surface area contributed by atoms with E-state index in [-0.39, 0.29) is 0 Å². The first kappa shape index (κ1) is 11.8. The van der Waals surface area contributed by atoms with Crippen LogP contribution in [-0.2, 0) is 4.74 Å². The van der Waals surface area contributed by atoms with Crippen molar-refractivity contribution in [3.8, 4) is 5.75 Å². The third-order valence-electron chi connectivity index (χ3n) is 1.70. The van der Waals surface area contributed by atoms with Crippen molar-refractivity contribution < 1.29 is 9.16 Å². The highest BCUT2D eigenvalue weighted by atomic mass is 28.4. The highest BCUT2D eigenvalue weighted by Gasteiger charge is 2.15. The van der Waals surface area contributed by atoms with Gasteiger partial charge >= 0.3 is 0 Å². The van der Waals surface area contributed by atoms with E-state index < -0.39 is 8.32 Å². The largest absolute Gasteiger partial charge is 0.544 e. The summed E-state index contributed by atoms with van der Waals surface area (Å²) in [7, 11) is 0.155. The standard InChI is InChI=1S/C12H18O2Si/c1-13-10-9-11-5-7-12(8-6-11)14-15(2,3)4/h5-10H,1-4H3. The topological polar surface area (TPSA) is 18.5 Å². The van der Waals surface area contributed by atoms with Crippen LogP contribution in [0.4, 0.5) is 0 Å². The van der Waals surface area contributed by atoms with Gasteiger partial charge in [0.15, 0.2) is 0 Å². The van der Waals surface area contributed by atoms with E-state index in [9.17, 15) is 0 Å². The molecule has 0 aliphatic rings. The van der Waals surface area contributed by atoms with Crippen molar-refractivity contribution in [3.63, 3.8) is 0 Å². The molecule has 0 heterocycles. The van der Waals surface area contributed by atoms with Crippen molar-refractivity contribution in [3.05, 3.63) is 36.1 Å². The molecular weight excluding hydrogens is 204 g/mol. The SMILES string of the molecule is COC=Cc1ccc(O[Si](C)(C)C)cc1. The first-order chi connectivity index (χ1) is 7.01. The van der Waals surface area contributed by atoms with E-state index in [0.29, 0.717) is 0 Å². The Labute approximate surface area is 92.7 Å². The molecule has 82 valence electrons. The highest BCUT2D eigenvalue weighted by molar-refractivity contribution is 6.70. The molecule has 0 fully saturated rings. The third-order valence-corrected chi connectivity index (χ3v) is 2.55. The van der Waals surface area contributed by atoms with Gasteiger partial charge in [0, 0.05) is 0 Å². The fourth-order valence-corrected chi connectivity index (χ4v) is 1.99. The Balaban J connectivity index is 2.68. The zero-order chi connectivity index (χ0) is 11.3. The normalized spacial score (nSPS) is 11.7. The van der Waals surface area contributed by atoms with E-state index in [4.69, 9.17) is 9.16 Å². The van der Waals surface area contributed by atoms with Gasteiger partial charge in [-0.05, 0) is 43.4 Å². The molecule has 0 aliphatic heterocycles. The van der Waals surface area contributed by atoms with Gasteiger partial charge < -0.3 is 9.16 Å². The predicted octanol–water partition coefficient (Wildman–Crippen LogP) is 3.52. The van der Waals surface area contributed by atoms with Gasteiger partial charge in [-0.2, -0.15) is 0 Å². The van der Waals surface area contributed by atoms with E-state index >= 15 is 0 Å². The third kappa shape index (κ3) is 4.70. The average Bonchev–Trinajstić information content (AvgIpc) is 2.14. The summed E-state index contributed by atoms with van der Waals surface area (Å²) in [6.07, 6.45) is 3.58. The number of methoxy groups -OCH3 is 1. The molecular formula is C12H18O2Si. The molecule has 1 aromatic carbocycles. The quantitative estimate of drug-likeness (QED) is 0.573. The Bertz CT molecular complexity index is 322. The maximum Gasteiger partial charge on any atom is 0.242 e. The van der Waals surface area contributed by atoms with Crippen molar-refractivity contribution in [2.45, 2.75) is 19.6 Å². The van der Waals surface area contributed by atoms with Gasteiger partial charge in [-0.25, -0.2) is 0 Å². The van der Waals surface area contributed by atoms with Crippen molar-refractivity contribution in [1.82, 2.24) is 0 Å². The van der Waals surface area contributed by atoms with Gasteiger partial charge in [0.25, 0.3) is 0 Å². The summed E-state index contributed by atoms with van der Waals surface area (Å²) < 4.78 is 10.7. The summed E-state index contributed by atoms with van der Waals surface area (Å²) in [4.78, 5) is 0. The number of rotatable bonds is 4. The Hall–Kier alpha value is -1.22. The van der Waals surface area contributed by atoms with E-state index in [1.165, 1.54) is 0 Å². The Morgan fingerprint density at radius 3 is 2.13 bits per heavy atom. The summed E-state index contributed by atoms with van der Waals surface area (Å²) in [5, 5.41) is 0. The molecule has 1 rings (SSSR count). The van der Waals surface area contributed by atoms with Crippen LogP contribution >= 0.6 is 0 Å². The minimum absolute atomic E-state index is 0.948. The average molecular weight is 222 g/mol. The molecule has 0 N–H and O–H groups in total. The van der Waals surface area contributed by atoms with Crippen LogP contribution in [0.3, 0.4) is 0 Å². The Morgan fingerprint density at radius 2 is 1.67 bits per heavy atom. The monoisotopic (exact) mass is 222 g/mol. The molecule has 0 saturated heterocycles. The van der Waals surface area contributed by atoms with Crippen LogP contribution in [0.25, 0.3) is 6.08 Å². The van der Waals surface area contributed by atoms with Gasteiger partial charge in [0.05, 0.1) is 13.4 Å². The molecule has 0 saturated carbocycles. The predicted molar refractivity (Wildman–Crippen MR) is 66.5 cm³/mol. The number of hydrogen-bond acceptors (Lipinski definition) is 2. The summed E-state index contributed by atoms with van der Waals surface area (Å²) in [6.45, 7) is 6.52. The van der Waals surface area contributed by atoms with Crippen LogP contribution in [0.2, 0.25) is 19.6 Å². The fourth-order valence-electron chi connectivity index (χ4n) is 1.15. The van der Waals surface area contributed by atoms with Crippen molar-refractivity contribution in [2.75, 3.05) is 7.11 Å². The second kappa shape index (κ2) is 5.03. The van der Waals surface area contributed by atoms with Crippen LogP contribution < -0.4 is 4.43 Å². The molecule has 0 radical (unpaired) electrons. The minimum Gasteiger partial charge on any atom is -0.544 e. The van der Waals surface area contributed by atoms with Gasteiger partial charge in [-0.1, -0.05) is 12.1 Å². The molecule has 0 aromatic heterocycles. The Kier molecular flexibility index (Phi) is 3.97. The van der Waals surface area contributed by atoms with Crippen molar-refractivity contribution in [2.24, 2.45) is 0 Å². The minimum atomic E-state index is -1.48. The Morgan fingerprint density at radius 1 is 1.07 bits per heavy atom. The zero-order valence-electron chi connectivity index (χ0n) is 9.78. The van der Waals surface area contributed by atoms with Crippen LogP contribution in [0.15, 0.2) is 30.5 Å². The van der Waals surface area contributed by atoms with Gasteiger partial charge in [-0.15, -0.1) is 0 Å². The fraction of sp³-hybridized carbons (Fsp3) is 0.333. The molecule has 0 spiro atoms. The summed E-state index contributed by atoms with van der Waals surface area (Å²) in [5.41, 5.74) is 1.11. The first-order valence-electron chi connectivity index (χ1n) is 5.00. The summed E-state index contributed by atoms with van der Waals surface area (Å²) >= 11 is 0. The maximum absolute atomic E-state index is 5.84. The van der Waals surface area contributed by atoms with Crippen LogP contribution in [0.5, 0.6) is 5.75 Å². The molecule has 0 amide bonds. The molecule has 3 heteroatoms. The first-order valence-corrected chi connectivity index (χ1v) is 8.40. The lowest BCUT2D eigenvalue weighted by Gasteiger charge is -2.18. The smallest absolute Gasteiger partial charge is 0.242 e. The molecule has 1 aromatic rings. The summed E-state index contributed by atoms with van der Waals surface area (Å²) in [5.74, 6) is 0.948.